The number of amides is 1. The molecule has 1 aromatic heterocycles. The third-order valence-electron chi connectivity index (χ3n) is 3.93. The van der Waals surface area contributed by atoms with Crippen LogP contribution in [0.1, 0.15) is 51.5 Å². The molecular weight excluding hydrogens is 320 g/mol. The zero-order valence-corrected chi connectivity index (χ0v) is 15.0. The number of Topliss-reactive ketones (excluding diaryl/α,β-unsaturated/α-hetero) is 1. The highest BCUT2D eigenvalue weighted by Gasteiger charge is 2.24. The number of carbonyl (C=O) groups excluding carboxylic acids is 3. The maximum atomic E-state index is 12.3. The second-order valence-electron chi connectivity index (χ2n) is 6.09. The van der Waals surface area contributed by atoms with Gasteiger partial charge in [0.2, 0.25) is 0 Å². The van der Waals surface area contributed by atoms with E-state index >= 15 is 0 Å². The standard InChI is InChI=1S/C19H22N2O4/c1-10-7-6-8-15(9-10)21-18(23)14(5)25-19(24)17-11(2)16(13(4)22)12(3)20-17/h6-9,14,20H,1-5H3,(H,21,23)/t14-/m1/s1. The van der Waals surface area contributed by atoms with E-state index < -0.39 is 18.0 Å². The van der Waals surface area contributed by atoms with Gasteiger partial charge in [0.25, 0.3) is 5.91 Å². The summed E-state index contributed by atoms with van der Waals surface area (Å²) in [6.45, 7) is 8.25. The Kier molecular flexibility index (Phi) is 5.41. The molecule has 2 rings (SSSR count). The Morgan fingerprint density at radius 3 is 2.40 bits per heavy atom. The van der Waals surface area contributed by atoms with Gasteiger partial charge in [-0.15, -0.1) is 0 Å². The highest BCUT2D eigenvalue weighted by atomic mass is 16.5. The van der Waals surface area contributed by atoms with Gasteiger partial charge in [0, 0.05) is 16.9 Å². The molecule has 0 saturated carbocycles. The number of rotatable bonds is 5. The SMILES string of the molecule is CC(=O)c1c(C)[nH]c(C(=O)O[C@H](C)C(=O)Nc2cccc(C)c2)c1C. The second-order valence-corrected chi connectivity index (χ2v) is 6.09. The normalized spacial score (nSPS) is 11.7. The van der Waals surface area contributed by atoms with Crippen molar-refractivity contribution >= 4 is 23.3 Å². The average Bonchev–Trinajstić information content (AvgIpc) is 2.82. The number of H-pyrrole nitrogens is 1. The molecule has 132 valence electrons. The van der Waals surface area contributed by atoms with Gasteiger partial charge in [0.1, 0.15) is 5.69 Å². The molecule has 1 atom stereocenters. The van der Waals surface area contributed by atoms with Crippen molar-refractivity contribution in [1.29, 1.82) is 0 Å². The van der Waals surface area contributed by atoms with Crippen LogP contribution >= 0.6 is 0 Å². The minimum absolute atomic E-state index is 0.129. The van der Waals surface area contributed by atoms with E-state index in [-0.39, 0.29) is 11.5 Å². The summed E-state index contributed by atoms with van der Waals surface area (Å²) < 4.78 is 5.24. The monoisotopic (exact) mass is 342 g/mol. The van der Waals surface area contributed by atoms with E-state index in [0.29, 0.717) is 22.5 Å². The molecule has 0 unspecified atom stereocenters. The van der Waals surface area contributed by atoms with Crippen molar-refractivity contribution in [3.8, 4) is 0 Å². The Morgan fingerprint density at radius 2 is 1.84 bits per heavy atom. The summed E-state index contributed by atoms with van der Waals surface area (Å²) in [5.41, 5.74) is 3.45. The Labute approximate surface area is 146 Å². The zero-order chi connectivity index (χ0) is 18.7. The maximum Gasteiger partial charge on any atom is 0.355 e. The summed E-state index contributed by atoms with van der Waals surface area (Å²) in [5.74, 6) is -1.22. The number of ether oxygens (including phenoxy) is 1. The van der Waals surface area contributed by atoms with Crippen molar-refractivity contribution in [1.82, 2.24) is 4.98 Å². The van der Waals surface area contributed by atoms with E-state index in [0.717, 1.165) is 5.56 Å². The first-order valence-electron chi connectivity index (χ1n) is 7.99. The summed E-state index contributed by atoms with van der Waals surface area (Å²) in [7, 11) is 0. The first-order chi connectivity index (χ1) is 11.7. The molecule has 0 aliphatic carbocycles. The number of hydrogen-bond donors (Lipinski definition) is 2. The average molecular weight is 342 g/mol. The fourth-order valence-corrected chi connectivity index (χ4v) is 2.72. The van der Waals surface area contributed by atoms with E-state index in [9.17, 15) is 14.4 Å². The molecule has 0 aliphatic rings. The van der Waals surface area contributed by atoms with Gasteiger partial charge in [0.05, 0.1) is 0 Å². The summed E-state index contributed by atoms with van der Waals surface area (Å²) in [4.78, 5) is 39.0. The molecule has 1 aromatic carbocycles. The molecule has 2 aromatic rings. The number of carbonyl (C=O) groups is 3. The molecule has 6 heteroatoms. The zero-order valence-electron chi connectivity index (χ0n) is 15.0. The number of esters is 1. The van der Waals surface area contributed by atoms with Crippen molar-refractivity contribution in [3.05, 3.63) is 52.3 Å². The fraction of sp³-hybridized carbons (Fsp3) is 0.316. The first kappa shape index (κ1) is 18.4. The topological polar surface area (TPSA) is 88.3 Å². The molecule has 2 N–H and O–H groups in total. The molecule has 0 aliphatic heterocycles. The lowest BCUT2D eigenvalue weighted by Gasteiger charge is -2.13. The Hall–Kier alpha value is -2.89. The van der Waals surface area contributed by atoms with Crippen LogP contribution in [-0.2, 0) is 9.53 Å². The molecule has 0 radical (unpaired) electrons. The van der Waals surface area contributed by atoms with Crippen LogP contribution in [0, 0.1) is 20.8 Å². The minimum Gasteiger partial charge on any atom is -0.448 e. The molecule has 6 nitrogen and oxygen atoms in total. The largest absolute Gasteiger partial charge is 0.448 e. The summed E-state index contributed by atoms with van der Waals surface area (Å²) >= 11 is 0. The molecule has 0 spiro atoms. The van der Waals surface area contributed by atoms with Gasteiger partial charge < -0.3 is 15.0 Å². The van der Waals surface area contributed by atoms with Crippen LogP contribution in [0.3, 0.4) is 0 Å². The van der Waals surface area contributed by atoms with E-state index in [2.05, 4.69) is 10.3 Å². The molecule has 0 saturated heterocycles. The number of aromatic nitrogens is 1. The van der Waals surface area contributed by atoms with E-state index in [1.165, 1.54) is 13.8 Å². The van der Waals surface area contributed by atoms with Crippen molar-refractivity contribution in [3.63, 3.8) is 0 Å². The number of hydrogen-bond acceptors (Lipinski definition) is 4. The number of anilines is 1. The lowest BCUT2D eigenvalue weighted by atomic mass is 10.1. The van der Waals surface area contributed by atoms with Crippen molar-refractivity contribution in [2.45, 2.75) is 40.7 Å². The molecule has 1 amide bonds. The quantitative estimate of drug-likeness (QED) is 0.644. The maximum absolute atomic E-state index is 12.3. The van der Waals surface area contributed by atoms with Gasteiger partial charge in [-0.25, -0.2) is 4.79 Å². The van der Waals surface area contributed by atoms with Crippen LogP contribution in [0.25, 0.3) is 0 Å². The van der Waals surface area contributed by atoms with Gasteiger partial charge in [-0.2, -0.15) is 0 Å². The molecule has 0 bridgehead atoms. The van der Waals surface area contributed by atoms with Crippen LogP contribution in [0.2, 0.25) is 0 Å². The predicted octanol–water partition coefficient (Wildman–Crippen LogP) is 3.33. The molecule has 1 heterocycles. The van der Waals surface area contributed by atoms with Crippen molar-refractivity contribution in [2.24, 2.45) is 0 Å². The number of ketones is 1. The Morgan fingerprint density at radius 1 is 1.16 bits per heavy atom. The minimum atomic E-state index is -0.975. The van der Waals surface area contributed by atoms with Gasteiger partial charge >= 0.3 is 5.97 Å². The fourth-order valence-electron chi connectivity index (χ4n) is 2.72. The van der Waals surface area contributed by atoms with Crippen molar-refractivity contribution in [2.75, 3.05) is 5.32 Å². The molecule has 0 fully saturated rings. The van der Waals surface area contributed by atoms with Crippen molar-refractivity contribution < 1.29 is 19.1 Å². The highest BCUT2D eigenvalue weighted by molar-refractivity contribution is 6.02. The van der Waals surface area contributed by atoms with Gasteiger partial charge in [-0.05, 0) is 57.9 Å². The molecular formula is C19H22N2O4. The highest BCUT2D eigenvalue weighted by Crippen LogP contribution is 2.20. The van der Waals surface area contributed by atoms with E-state index in [4.69, 9.17) is 4.74 Å². The lowest BCUT2D eigenvalue weighted by Crippen LogP contribution is -2.30. The third kappa shape index (κ3) is 4.15. The lowest BCUT2D eigenvalue weighted by molar-refractivity contribution is -0.123. The number of nitrogens with one attached hydrogen (secondary N) is 2. The second kappa shape index (κ2) is 7.34. The van der Waals surface area contributed by atoms with Crippen LogP contribution in [0.5, 0.6) is 0 Å². The van der Waals surface area contributed by atoms with Gasteiger partial charge in [-0.3, -0.25) is 9.59 Å². The summed E-state index contributed by atoms with van der Waals surface area (Å²) in [6, 6.07) is 7.33. The van der Waals surface area contributed by atoms with E-state index in [1.807, 2.05) is 25.1 Å². The first-order valence-corrected chi connectivity index (χ1v) is 7.99. The summed E-state index contributed by atoms with van der Waals surface area (Å²) in [5, 5.41) is 2.71. The number of aromatic amines is 1. The third-order valence-corrected chi connectivity index (χ3v) is 3.93. The summed E-state index contributed by atoms with van der Waals surface area (Å²) in [6.07, 6.45) is -0.975. The van der Waals surface area contributed by atoms with Gasteiger partial charge in [-0.1, -0.05) is 12.1 Å². The van der Waals surface area contributed by atoms with E-state index in [1.54, 1.807) is 19.9 Å². The number of benzene rings is 1. The number of aryl methyl sites for hydroxylation is 2. The van der Waals surface area contributed by atoms with Crippen LogP contribution in [-0.4, -0.2) is 28.7 Å². The van der Waals surface area contributed by atoms with Crippen LogP contribution < -0.4 is 5.32 Å². The predicted molar refractivity (Wildman–Crippen MR) is 95.0 cm³/mol. The Bertz CT molecular complexity index is 836. The smallest absolute Gasteiger partial charge is 0.355 e. The Balaban J connectivity index is 2.08. The molecule has 25 heavy (non-hydrogen) atoms. The van der Waals surface area contributed by atoms with Crippen LogP contribution in [0.4, 0.5) is 5.69 Å². The van der Waals surface area contributed by atoms with Gasteiger partial charge in [0.15, 0.2) is 11.9 Å². The van der Waals surface area contributed by atoms with Crippen LogP contribution in [0.15, 0.2) is 24.3 Å².